The molecule has 0 aliphatic carbocycles. The monoisotopic (exact) mass is 317 g/mol. The number of fused-ring (bicyclic) bond motifs is 1. The summed E-state index contributed by atoms with van der Waals surface area (Å²) in [5.41, 5.74) is -2.21. The molecule has 0 spiro atoms. The van der Waals surface area contributed by atoms with Crippen molar-refractivity contribution in [3.63, 3.8) is 0 Å². The van der Waals surface area contributed by atoms with Crippen molar-refractivity contribution in [3.8, 4) is 6.07 Å². The molecule has 0 saturated heterocycles. The van der Waals surface area contributed by atoms with Gasteiger partial charge in [-0.2, -0.15) is 18.4 Å². The first-order valence-electron chi connectivity index (χ1n) is 4.54. The molecule has 0 aromatic carbocycles. The molecule has 2 heterocycles. The predicted molar refractivity (Wildman–Crippen MR) is 58.9 cm³/mol. The highest BCUT2D eigenvalue weighted by molar-refractivity contribution is 9.10. The fourth-order valence-electron chi connectivity index (χ4n) is 1.37. The largest absolute Gasteiger partial charge is 0.434 e. The number of halogens is 4. The van der Waals surface area contributed by atoms with Crippen molar-refractivity contribution in [2.24, 2.45) is 0 Å². The first kappa shape index (κ1) is 12.6. The molecule has 0 fully saturated rings. The molecular formula is C10H3BrF3N3O. The van der Waals surface area contributed by atoms with E-state index in [4.69, 9.17) is 5.26 Å². The number of alkyl halides is 3. The van der Waals surface area contributed by atoms with E-state index in [9.17, 15) is 18.0 Å². The van der Waals surface area contributed by atoms with E-state index < -0.39 is 21.9 Å². The highest BCUT2D eigenvalue weighted by Gasteiger charge is 2.36. The molecule has 2 aromatic rings. The van der Waals surface area contributed by atoms with Gasteiger partial charge in [-0.3, -0.25) is 9.20 Å². The molecule has 0 atom stereocenters. The van der Waals surface area contributed by atoms with Gasteiger partial charge in [0, 0.05) is 6.20 Å². The molecule has 0 unspecified atom stereocenters. The third-order valence-electron chi connectivity index (χ3n) is 2.17. The Morgan fingerprint density at radius 1 is 1.39 bits per heavy atom. The molecule has 0 aliphatic rings. The van der Waals surface area contributed by atoms with Crippen LogP contribution < -0.4 is 5.56 Å². The van der Waals surface area contributed by atoms with Crippen LogP contribution >= 0.6 is 15.9 Å². The zero-order chi connectivity index (χ0) is 13.5. The van der Waals surface area contributed by atoms with Crippen LogP contribution in [0.3, 0.4) is 0 Å². The molecule has 2 aromatic heterocycles. The average Bonchev–Trinajstić information content (AvgIpc) is 2.32. The number of nitrogens with zero attached hydrogens (tertiary/aromatic N) is 3. The van der Waals surface area contributed by atoms with Crippen LogP contribution in [0, 0.1) is 11.3 Å². The summed E-state index contributed by atoms with van der Waals surface area (Å²) in [5, 5.41) is 8.66. The zero-order valence-corrected chi connectivity index (χ0v) is 10.1. The van der Waals surface area contributed by atoms with E-state index in [1.54, 1.807) is 6.07 Å². The molecule has 0 radical (unpaired) electrons. The molecule has 4 nitrogen and oxygen atoms in total. The lowest BCUT2D eigenvalue weighted by atomic mass is 10.3. The van der Waals surface area contributed by atoms with Gasteiger partial charge in [0.1, 0.15) is 16.2 Å². The number of rotatable bonds is 0. The lowest BCUT2D eigenvalue weighted by Gasteiger charge is -2.09. The molecule has 0 N–H and O–H groups in total. The Kier molecular flexibility index (Phi) is 2.86. The van der Waals surface area contributed by atoms with Gasteiger partial charge in [0.15, 0.2) is 5.69 Å². The fraction of sp³-hybridized carbons (Fsp3) is 0.100. The van der Waals surface area contributed by atoms with Crippen LogP contribution in [0.5, 0.6) is 0 Å². The molecular weight excluding hydrogens is 315 g/mol. The van der Waals surface area contributed by atoms with Crippen LogP contribution in [0.1, 0.15) is 11.3 Å². The van der Waals surface area contributed by atoms with Crippen molar-refractivity contribution in [2.45, 2.75) is 6.18 Å². The number of hydrogen-bond donors (Lipinski definition) is 0. The highest BCUT2D eigenvalue weighted by atomic mass is 79.9. The maximum atomic E-state index is 12.6. The van der Waals surface area contributed by atoms with E-state index >= 15 is 0 Å². The summed E-state index contributed by atoms with van der Waals surface area (Å²) in [6.45, 7) is 0. The van der Waals surface area contributed by atoms with E-state index in [-0.39, 0.29) is 11.2 Å². The maximum absolute atomic E-state index is 12.6. The van der Waals surface area contributed by atoms with E-state index in [1.807, 2.05) is 0 Å². The molecule has 0 saturated carbocycles. The molecule has 18 heavy (non-hydrogen) atoms. The summed E-state index contributed by atoms with van der Waals surface area (Å²) in [6.07, 6.45) is -3.59. The van der Waals surface area contributed by atoms with Gasteiger partial charge in [-0.25, -0.2) is 4.98 Å². The quantitative estimate of drug-likeness (QED) is 0.749. The Morgan fingerprint density at radius 3 is 2.61 bits per heavy atom. The Bertz CT molecular complexity index is 730. The average molecular weight is 318 g/mol. The standard InChI is InChI=1S/C10H3BrF3N3O/c11-7-8(10(12,13)14)16-6-2-1-5(3-15)4-17(6)9(7)18/h1-2,4H. The molecule has 0 amide bonds. The summed E-state index contributed by atoms with van der Waals surface area (Å²) in [4.78, 5) is 15.1. The first-order chi connectivity index (χ1) is 8.34. The van der Waals surface area contributed by atoms with Crippen molar-refractivity contribution in [1.82, 2.24) is 9.38 Å². The number of nitriles is 1. The maximum Gasteiger partial charge on any atom is 0.434 e. The lowest BCUT2D eigenvalue weighted by molar-refractivity contribution is -0.141. The number of aromatic nitrogens is 2. The smallest absolute Gasteiger partial charge is 0.268 e. The molecule has 2 rings (SSSR count). The van der Waals surface area contributed by atoms with Crippen LogP contribution in [-0.4, -0.2) is 9.38 Å². The topological polar surface area (TPSA) is 58.2 Å². The van der Waals surface area contributed by atoms with E-state index in [1.165, 1.54) is 12.1 Å². The van der Waals surface area contributed by atoms with Gasteiger partial charge in [0.25, 0.3) is 5.56 Å². The fourth-order valence-corrected chi connectivity index (χ4v) is 1.88. The van der Waals surface area contributed by atoms with E-state index in [0.29, 0.717) is 0 Å². The second-order valence-electron chi connectivity index (χ2n) is 3.34. The molecule has 92 valence electrons. The van der Waals surface area contributed by atoms with Crippen LogP contribution in [-0.2, 0) is 6.18 Å². The van der Waals surface area contributed by atoms with Gasteiger partial charge in [-0.1, -0.05) is 0 Å². The third-order valence-corrected chi connectivity index (χ3v) is 2.88. The first-order valence-corrected chi connectivity index (χ1v) is 5.33. The molecule has 0 bridgehead atoms. The summed E-state index contributed by atoms with van der Waals surface area (Å²) in [5.74, 6) is 0. The number of pyridine rings is 1. The minimum Gasteiger partial charge on any atom is -0.268 e. The SMILES string of the molecule is N#Cc1ccc2nc(C(F)(F)F)c(Br)c(=O)n2c1. The predicted octanol–water partition coefficient (Wildman–Crippen LogP) is 2.35. The Hall–Kier alpha value is -1.88. The van der Waals surface area contributed by atoms with Gasteiger partial charge in [-0.15, -0.1) is 0 Å². The summed E-state index contributed by atoms with van der Waals surface area (Å²) < 4.78 is 38.0. The minimum atomic E-state index is -4.72. The van der Waals surface area contributed by atoms with Gasteiger partial charge in [-0.05, 0) is 28.1 Å². The van der Waals surface area contributed by atoms with E-state index in [2.05, 4.69) is 20.9 Å². The van der Waals surface area contributed by atoms with Crippen molar-refractivity contribution in [2.75, 3.05) is 0 Å². The third kappa shape index (κ3) is 1.97. The van der Waals surface area contributed by atoms with Gasteiger partial charge in [0.2, 0.25) is 0 Å². The van der Waals surface area contributed by atoms with Gasteiger partial charge < -0.3 is 0 Å². The van der Waals surface area contributed by atoms with Crippen LogP contribution in [0.2, 0.25) is 0 Å². The van der Waals surface area contributed by atoms with Crippen molar-refractivity contribution >= 4 is 21.6 Å². The Labute approximate surface area is 106 Å². The highest BCUT2D eigenvalue weighted by Crippen LogP contribution is 2.31. The van der Waals surface area contributed by atoms with E-state index in [0.717, 1.165) is 10.6 Å². The van der Waals surface area contributed by atoms with Crippen molar-refractivity contribution < 1.29 is 13.2 Å². The summed E-state index contributed by atoms with van der Waals surface area (Å²) in [6, 6.07) is 4.26. The Balaban J connectivity index is 2.89. The van der Waals surface area contributed by atoms with Crippen LogP contribution in [0.15, 0.2) is 27.6 Å². The zero-order valence-electron chi connectivity index (χ0n) is 8.49. The van der Waals surface area contributed by atoms with Gasteiger partial charge in [0.05, 0.1) is 5.56 Å². The summed E-state index contributed by atoms with van der Waals surface area (Å²) >= 11 is 2.58. The van der Waals surface area contributed by atoms with Crippen molar-refractivity contribution in [1.29, 1.82) is 5.26 Å². The van der Waals surface area contributed by atoms with Crippen molar-refractivity contribution in [3.05, 3.63) is 44.4 Å². The minimum absolute atomic E-state index is 0.151. The van der Waals surface area contributed by atoms with Crippen LogP contribution in [0.25, 0.3) is 5.65 Å². The van der Waals surface area contributed by atoms with Gasteiger partial charge >= 0.3 is 6.18 Å². The summed E-state index contributed by atoms with van der Waals surface area (Å²) in [7, 11) is 0. The molecule has 0 aliphatic heterocycles. The lowest BCUT2D eigenvalue weighted by Crippen LogP contribution is -2.22. The molecule has 8 heteroatoms. The normalized spacial score (nSPS) is 11.5. The Morgan fingerprint density at radius 2 is 2.06 bits per heavy atom. The van der Waals surface area contributed by atoms with Crippen LogP contribution in [0.4, 0.5) is 13.2 Å². The number of hydrogen-bond acceptors (Lipinski definition) is 3. The second kappa shape index (κ2) is 4.10. The second-order valence-corrected chi connectivity index (χ2v) is 4.13.